The second kappa shape index (κ2) is 6.80. The van der Waals surface area contributed by atoms with E-state index in [2.05, 4.69) is 53.6 Å². The summed E-state index contributed by atoms with van der Waals surface area (Å²) in [4.78, 5) is 0. The molecular weight excluding hydrogens is 288 g/mol. The molecule has 2 atom stereocenters. The molecule has 1 saturated carbocycles. The summed E-state index contributed by atoms with van der Waals surface area (Å²) < 4.78 is 0. The lowest BCUT2D eigenvalue weighted by Gasteiger charge is -2.03. The molecule has 0 aromatic carbocycles. The molecule has 1 aliphatic carbocycles. The van der Waals surface area contributed by atoms with Gasteiger partial charge in [-0.05, 0) is 37.5 Å². The van der Waals surface area contributed by atoms with E-state index in [-0.39, 0.29) is 0 Å². The van der Waals surface area contributed by atoms with Crippen LogP contribution in [0.2, 0.25) is 19.6 Å². The fraction of sp³-hybridized carbons (Fsp3) is 0.733. The lowest BCUT2D eigenvalue weighted by Crippen LogP contribution is -2.16. The van der Waals surface area contributed by atoms with Crippen LogP contribution in [0, 0.1) is 23.3 Å². The third-order valence-corrected chi connectivity index (χ3v) is 4.75. The van der Waals surface area contributed by atoms with Crippen molar-refractivity contribution in [2.75, 3.05) is 5.33 Å². The van der Waals surface area contributed by atoms with Crippen molar-refractivity contribution in [1.29, 1.82) is 0 Å². The number of allylic oxidation sites excluding steroid dienone is 1. The number of rotatable bonds is 6. The van der Waals surface area contributed by atoms with Gasteiger partial charge in [0.2, 0.25) is 0 Å². The second-order valence-electron chi connectivity index (χ2n) is 6.06. The van der Waals surface area contributed by atoms with E-state index in [1.165, 1.54) is 31.3 Å². The van der Waals surface area contributed by atoms with Gasteiger partial charge in [-0.2, -0.15) is 0 Å². The topological polar surface area (TPSA) is 0 Å². The van der Waals surface area contributed by atoms with Crippen LogP contribution in [0.25, 0.3) is 0 Å². The van der Waals surface area contributed by atoms with Crippen LogP contribution in [0.15, 0.2) is 12.2 Å². The molecule has 0 spiro atoms. The Morgan fingerprint density at radius 3 is 2.29 bits per heavy atom. The maximum absolute atomic E-state index is 4.18. The summed E-state index contributed by atoms with van der Waals surface area (Å²) in [5.41, 5.74) is 4.94. The van der Waals surface area contributed by atoms with Crippen LogP contribution >= 0.6 is 15.9 Å². The van der Waals surface area contributed by atoms with Gasteiger partial charge in [-0.1, -0.05) is 47.7 Å². The Labute approximate surface area is 116 Å². The summed E-state index contributed by atoms with van der Waals surface area (Å²) in [5.74, 6) is 5.01. The molecule has 17 heavy (non-hydrogen) atoms. The van der Waals surface area contributed by atoms with Crippen LogP contribution < -0.4 is 0 Å². The normalized spacial score (nSPS) is 23.2. The highest BCUT2D eigenvalue weighted by Gasteiger charge is 2.40. The molecule has 2 heteroatoms. The number of alkyl halides is 1. The van der Waals surface area contributed by atoms with Gasteiger partial charge in [0.1, 0.15) is 8.07 Å². The SMILES string of the molecule is C=C1C(CCCBr)C1CCCC#C[Si](C)(C)C. The average molecular weight is 313 g/mol. The van der Waals surface area contributed by atoms with Crippen LogP contribution in [0.1, 0.15) is 32.1 Å². The summed E-state index contributed by atoms with van der Waals surface area (Å²) in [5, 5.41) is 1.13. The second-order valence-corrected chi connectivity index (χ2v) is 11.6. The van der Waals surface area contributed by atoms with Gasteiger partial charge in [0, 0.05) is 11.8 Å². The van der Waals surface area contributed by atoms with Crippen LogP contribution in [0.3, 0.4) is 0 Å². The zero-order valence-electron chi connectivity index (χ0n) is 11.5. The van der Waals surface area contributed by atoms with Crippen LogP contribution in [-0.2, 0) is 0 Å². The first-order chi connectivity index (χ1) is 7.95. The molecule has 0 amide bonds. The first-order valence-electron chi connectivity index (χ1n) is 6.70. The van der Waals surface area contributed by atoms with Crippen LogP contribution in [-0.4, -0.2) is 13.4 Å². The molecular formula is C15H25BrSi. The molecule has 96 valence electrons. The number of hydrogen-bond donors (Lipinski definition) is 0. The predicted octanol–water partition coefficient (Wildman–Crippen LogP) is 5.01. The van der Waals surface area contributed by atoms with E-state index >= 15 is 0 Å². The van der Waals surface area contributed by atoms with Gasteiger partial charge in [-0.25, -0.2) is 0 Å². The van der Waals surface area contributed by atoms with E-state index < -0.39 is 8.07 Å². The molecule has 1 aliphatic rings. The summed E-state index contributed by atoms with van der Waals surface area (Å²) >= 11 is 3.49. The third kappa shape index (κ3) is 5.93. The van der Waals surface area contributed by atoms with Gasteiger partial charge in [0.15, 0.2) is 0 Å². The van der Waals surface area contributed by atoms with E-state index in [0.29, 0.717) is 0 Å². The molecule has 0 nitrogen and oxygen atoms in total. The van der Waals surface area contributed by atoms with Crippen molar-refractivity contribution in [2.45, 2.75) is 51.7 Å². The van der Waals surface area contributed by atoms with Crippen molar-refractivity contribution in [3.05, 3.63) is 12.2 Å². The summed E-state index contributed by atoms with van der Waals surface area (Å²) in [7, 11) is -1.15. The number of hydrogen-bond acceptors (Lipinski definition) is 0. The third-order valence-electron chi connectivity index (χ3n) is 3.26. The fourth-order valence-corrected chi connectivity index (χ4v) is 3.23. The highest BCUT2D eigenvalue weighted by molar-refractivity contribution is 9.09. The lowest BCUT2D eigenvalue weighted by atomic mass is 10.1. The van der Waals surface area contributed by atoms with E-state index in [0.717, 1.165) is 23.6 Å². The molecule has 0 N–H and O–H groups in total. The molecule has 2 unspecified atom stereocenters. The average Bonchev–Trinajstić information content (AvgIpc) is 2.83. The van der Waals surface area contributed by atoms with Gasteiger partial charge in [-0.15, -0.1) is 11.5 Å². The van der Waals surface area contributed by atoms with Gasteiger partial charge in [0.05, 0.1) is 0 Å². The van der Waals surface area contributed by atoms with Crippen LogP contribution in [0.4, 0.5) is 0 Å². The van der Waals surface area contributed by atoms with Crippen molar-refractivity contribution in [2.24, 2.45) is 11.8 Å². The van der Waals surface area contributed by atoms with Crippen molar-refractivity contribution in [3.8, 4) is 11.5 Å². The summed E-state index contributed by atoms with van der Waals surface area (Å²) in [6.45, 7) is 11.1. The van der Waals surface area contributed by atoms with Crippen molar-refractivity contribution in [3.63, 3.8) is 0 Å². The highest BCUT2D eigenvalue weighted by Crippen LogP contribution is 2.50. The maximum Gasteiger partial charge on any atom is 0.129 e. The Bertz CT molecular complexity index is 316. The molecule has 0 bridgehead atoms. The largest absolute Gasteiger partial charge is 0.132 e. The van der Waals surface area contributed by atoms with Crippen molar-refractivity contribution in [1.82, 2.24) is 0 Å². The minimum atomic E-state index is -1.15. The van der Waals surface area contributed by atoms with Gasteiger partial charge in [-0.3, -0.25) is 0 Å². The van der Waals surface area contributed by atoms with E-state index in [9.17, 15) is 0 Å². The molecule has 0 aliphatic heterocycles. The highest BCUT2D eigenvalue weighted by atomic mass is 79.9. The molecule has 0 aromatic rings. The molecule has 0 aromatic heterocycles. The Morgan fingerprint density at radius 1 is 1.18 bits per heavy atom. The zero-order chi connectivity index (χ0) is 12.9. The first-order valence-corrected chi connectivity index (χ1v) is 11.3. The Kier molecular flexibility index (Phi) is 6.02. The Morgan fingerprint density at radius 2 is 1.76 bits per heavy atom. The maximum atomic E-state index is 4.18. The van der Waals surface area contributed by atoms with Gasteiger partial charge < -0.3 is 0 Å². The van der Waals surface area contributed by atoms with Gasteiger partial charge >= 0.3 is 0 Å². The van der Waals surface area contributed by atoms with E-state index in [1.54, 1.807) is 0 Å². The minimum Gasteiger partial charge on any atom is -0.132 e. The molecule has 1 rings (SSSR count). The Hall–Kier alpha value is -0.00312. The molecule has 0 radical (unpaired) electrons. The smallest absolute Gasteiger partial charge is 0.129 e. The quantitative estimate of drug-likeness (QED) is 0.212. The van der Waals surface area contributed by atoms with Crippen molar-refractivity contribution >= 4 is 24.0 Å². The van der Waals surface area contributed by atoms with E-state index in [4.69, 9.17) is 0 Å². The number of halogens is 1. The molecule has 0 heterocycles. The molecule has 1 fully saturated rings. The minimum absolute atomic E-state index is 0.822. The van der Waals surface area contributed by atoms with Crippen LogP contribution in [0.5, 0.6) is 0 Å². The molecule has 0 saturated heterocycles. The van der Waals surface area contributed by atoms with E-state index in [1.807, 2.05) is 0 Å². The fourth-order valence-electron chi connectivity index (χ4n) is 2.25. The first kappa shape index (κ1) is 15.1. The van der Waals surface area contributed by atoms with Gasteiger partial charge in [0.25, 0.3) is 0 Å². The Balaban J connectivity index is 2.12. The zero-order valence-corrected chi connectivity index (χ0v) is 14.1. The summed E-state index contributed by atoms with van der Waals surface area (Å²) in [6, 6.07) is 0. The summed E-state index contributed by atoms with van der Waals surface area (Å²) in [6.07, 6.45) is 6.27. The lowest BCUT2D eigenvalue weighted by molar-refractivity contribution is 0.586. The standard InChI is InChI=1S/C15H25BrSi/c1-13-14(15(13)10-8-11-16)9-6-5-7-12-17(2,3)4/h14-15H,1,5-6,8-11H2,2-4H3. The number of unbranched alkanes of at least 4 members (excludes halogenated alkanes) is 1. The monoisotopic (exact) mass is 312 g/mol. The van der Waals surface area contributed by atoms with Crippen molar-refractivity contribution < 1.29 is 0 Å². The predicted molar refractivity (Wildman–Crippen MR) is 84.1 cm³/mol.